The highest BCUT2D eigenvalue weighted by Crippen LogP contribution is 2.35. The summed E-state index contributed by atoms with van der Waals surface area (Å²) in [6.07, 6.45) is 0. The minimum Gasteiger partial charge on any atom is -0.480 e. The van der Waals surface area contributed by atoms with E-state index in [0.717, 1.165) is 4.90 Å². The predicted molar refractivity (Wildman–Crippen MR) is 80.3 cm³/mol. The lowest BCUT2D eigenvalue weighted by Crippen LogP contribution is -2.50. The third kappa shape index (κ3) is 2.81. The van der Waals surface area contributed by atoms with Gasteiger partial charge >= 0.3 is 5.97 Å². The zero-order chi connectivity index (χ0) is 16.7. The molecule has 22 heavy (non-hydrogen) atoms. The van der Waals surface area contributed by atoms with Crippen LogP contribution in [0.25, 0.3) is 0 Å². The zero-order valence-electron chi connectivity index (χ0n) is 13.1. The number of amides is 2. The predicted octanol–water partition coefficient (Wildman–Crippen LogP) is 1.57. The van der Waals surface area contributed by atoms with Crippen LogP contribution in [-0.4, -0.2) is 39.4 Å². The summed E-state index contributed by atoms with van der Waals surface area (Å²) in [7, 11) is 0. The molecule has 1 aromatic carbocycles. The van der Waals surface area contributed by atoms with Crippen LogP contribution in [0.4, 0.5) is 0 Å². The van der Waals surface area contributed by atoms with Gasteiger partial charge in [-0.15, -0.1) is 0 Å². The smallest absolute Gasteiger partial charge is 0.326 e. The first-order chi connectivity index (χ1) is 10.1. The van der Waals surface area contributed by atoms with Gasteiger partial charge in [-0.2, -0.15) is 0 Å². The second-order valence-electron chi connectivity index (χ2n) is 6.46. The summed E-state index contributed by atoms with van der Waals surface area (Å²) in [4.78, 5) is 37.6. The summed E-state index contributed by atoms with van der Waals surface area (Å²) in [6.45, 7) is 6.90. The summed E-state index contributed by atoms with van der Waals surface area (Å²) in [5, 5.41) is 12.1. The van der Waals surface area contributed by atoms with Gasteiger partial charge in [-0.05, 0) is 39.3 Å². The number of carboxylic acid groups (broad SMARTS) is 1. The maximum atomic E-state index is 12.6. The van der Waals surface area contributed by atoms with E-state index in [1.807, 2.05) is 20.8 Å². The maximum absolute atomic E-state index is 12.6. The van der Waals surface area contributed by atoms with Gasteiger partial charge in [0.2, 0.25) is 5.91 Å². The van der Waals surface area contributed by atoms with Crippen molar-refractivity contribution in [1.29, 1.82) is 0 Å². The van der Waals surface area contributed by atoms with Crippen molar-refractivity contribution >= 4 is 17.8 Å². The molecule has 0 fully saturated rings. The molecule has 1 aliphatic rings. The molecular formula is C16H20N2O4. The average molecular weight is 304 g/mol. The van der Waals surface area contributed by atoms with E-state index in [9.17, 15) is 19.5 Å². The quantitative estimate of drug-likeness (QED) is 0.887. The Morgan fingerprint density at radius 3 is 2.41 bits per heavy atom. The van der Waals surface area contributed by atoms with Crippen LogP contribution in [0.15, 0.2) is 24.3 Å². The number of nitrogens with one attached hydrogen (secondary N) is 1. The van der Waals surface area contributed by atoms with Gasteiger partial charge < -0.3 is 15.3 Å². The number of aliphatic carboxylic acids is 1. The van der Waals surface area contributed by atoms with E-state index in [1.54, 1.807) is 24.3 Å². The van der Waals surface area contributed by atoms with Crippen molar-refractivity contribution in [2.75, 3.05) is 0 Å². The van der Waals surface area contributed by atoms with E-state index >= 15 is 0 Å². The highest BCUT2D eigenvalue weighted by molar-refractivity contribution is 6.06. The number of carbonyl (C=O) groups is 3. The summed E-state index contributed by atoms with van der Waals surface area (Å²) >= 11 is 0. The normalized spacial score (nSPS) is 18.8. The molecule has 1 aromatic rings. The number of rotatable bonds is 3. The lowest BCUT2D eigenvalue weighted by Gasteiger charge is -2.30. The molecule has 0 spiro atoms. The molecule has 2 N–H and O–H groups in total. The Hall–Kier alpha value is -2.37. The van der Waals surface area contributed by atoms with Gasteiger partial charge in [0.15, 0.2) is 0 Å². The van der Waals surface area contributed by atoms with Crippen molar-refractivity contribution in [3.8, 4) is 0 Å². The van der Waals surface area contributed by atoms with Crippen molar-refractivity contribution in [2.45, 2.75) is 45.3 Å². The highest BCUT2D eigenvalue weighted by atomic mass is 16.4. The molecule has 0 bridgehead atoms. The van der Waals surface area contributed by atoms with Crippen LogP contribution < -0.4 is 5.32 Å². The SMILES string of the molecule is CC(C(=O)O)N1C(=O)c2ccccc2C1C(=O)NC(C)(C)C. The van der Waals surface area contributed by atoms with Crippen LogP contribution in [-0.2, 0) is 9.59 Å². The molecule has 0 aliphatic carbocycles. The maximum Gasteiger partial charge on any atom is 0.326 e. The van der Waals surface area contributed by atoms with E-state index in [1.165, 1.54) is 6.92 Å². The summed E-state index contributed by atoms with van der Waals surface area (Å²) < 4.78 is 0. The van der Waals surface area contributed by atoms with Gasteiger partial charge in [0.05, 0.1) is 0 Å². The molecule has 0 radical (unpaired) electrons. The molecule has 6 nitrogen and oxygen atoms in total. The number of carbonyl (C=O) groups excluding carboxylic acids is 2. The molecule has 2 unspecified atom stereocenters. The van der Waals surface area contributed by atoms with Crippen LogP contribution in [0.3, 0.4) is 0 Å². The van der Waals surface area contributed by atoms with E-state index in [2.05, 4.69) is 5.32 Å². The van der Waals surface area contributed by atoms with E-state index in [0.29, 0.717) is 11.1 Å². The standard InChI is InChI=1S/C16H20N2O4/c1-9(15(21)22)18-12(13(19)17-16(2,3)4)10-7-5-6-8-11(10)14(18)20/h5-9,12H,1-4H3,(H,17,19)(H,21,22). The molecule has 0 saturated carbocycles. The van der Waals surface area contributed by atoms with E-state index < -0.39 is 29.5 Å². The van der Waals surface area contributed by atoms with Crippen LogP contribution in [0.5, 0.6) is 0 Å². The van der Waals surface area contributed by atoms with Crippen LogP contribution in [0, 0.1) is 0 Å². The number of benzene rings is 1. The van der Waals surface area contributed by atoms with E-state index in [4.69, 9.17) is 0 Å². The van der Waals surface area contributed by atoms with E-state index in [-0.39, 0.29) is 5.91 Å². The molecular weight excluding hydrogens is 284 g/mol. The Labute approximate surface area is 129 Å². The Kier molecular flexibility index (Phi) is 3.96. The average Bonchev–Trinajstić information content (AvgIpc) is 2.70. The number of fused-ring (bicyclic) bond motifs is 1. The largest absolute Gasteiger partial charge is 0.480 e. The van der Waals surface area contributed by atoms with Gasteiger partial charge in [-0.1, -0.05) is 18.2 Å². The molecule has 2 amide bonds. The highest BCUT2D eigenvalue weighted by Gasteiger charge is 2.45. The monoisotopic (exact) mass is 304 g/mol. The number of nitrogens with zero attached hydrogens (tertiary/aromatic N) is 1. The summed E-state index contributed by atoms with van der Waals surface area (Å²) in [5.74, 6) is -1.95. The van der Waals surface area contributed by atoms with Crippen LogP contribution in [0.2, 0.25) is 0 Å². The molecule has 118 valence electrons. The van der Waals surface area contributed by atoms with Crippen molar-refractivity contribution in [1.82, 2.24) is 10.2 Å². The first kappa shape index (κ1) is 16.0. The van der Waals surface area contributed by atoms with Crippen molar-refractivity contribution in [3.63, 3.8) is 0 Å². The summed E-state index contributed by atoms with van der Waals surface area (Å²) in [6, 6.07) is 4.73. The molecule has 6 heteroatoms. The van der Waals surface area contributed by atoms with Crippen molar-refractivity contribution in [3.05, 3.63) is 35.4 Å². The second-order valence-corrected chi connectivity index (χ2v) is 6.46. The molecule has 1 aliphatic heterocycles. The lowest BCUT2D eigenvalue weighted by atomic mass is 10.0. The first-order valence-electron chi connectivity index (χ1n) is 7.10. The number of hydrogen-bond acceptors (Lipinski definition) is 3. The minimum absolute atomic E-state index is 0.376. The summed E-state index contributed by atoms with van der Waals surface area (Å²) in [5.41, 5.74) is 0.447. The topological polar surface area (TPSA) is 86.7 Å². The third-order valence-corrected chi connectivity index (χ3v) is 3.52. The van der Waals surface area contributed by atoms with Gasteiger partial charge in [-0.3, -0.25) is 9.59 Å². The Morgan fingerprint density at radius 2 is 1.86 bits per heavy atom. The fourth-order valence-electron chi connectivity index (χ4n) is 2.56. The molecule has 2 rings (SSSR count). The van der Waals surface area contributed by atoms with Crippen molar-refractivity contribution < 1.29 is 19.5 Å². The van der Waals surface area contributed by atoms with Crippen LogP contribution in [0.1, 0.15) is 49.7 Å². The molecule has 0 aromatic heterocycles. The van der Waals surface area contributed by atoms with Gasteiger partial charge in [0.1, 0.15) is 12.1 Å². The zero-order valence-corrected chi connectivity index (χ0v) is 13.1. The number of carboxylic acids is 1. The number of hydrogen-bond donors (Lipinski definition) is 2. The van der Waals surface area contributed by atoms with Gasteiger partial charge in [0.25, 0.3) is 5.91 Å². The fraction of sp³-hybridized carbons (Fsp3) is 0.438. The Balaban J connectivity index is 2.47. The Bertz CT molecular complexity index is 633. The molecule has 1 heterocycles. The van der Waals surface area contributed by atoms with Crippen LogP contribution >= 0.6 is 0 Å². The van der Waals surface area contributed by atoms with Gasteiger partial charge in [0, 0.05) is 11.1 Å². The second kappa shape index (κ2) is 5.44. The molecule has 2 atom stereocenters. The first-order valence-corrected chi connectivity index (χ1v) is 7.10. The minimum atomic E-state index is -1.14. The third-order valence-electron chi connectivity index (χ3n) is 3.52. The van der Waals surface area contributed by atoms with Crippen molar-refractivity contribution in [2.24, 2.45) is 0 Å². The fourth-order valence-corrected chi connectivity index (χ4v) is 2.56. The molecule has 0 saturated heterocycles. The Morgan fingerprint density at radius 1 is 1.27 bits per heavy atom. The lowest BCUT2D eigenvalue weighted by molar-refractivity contribution is -0.143. The van der Waals surface area contributed by atoms with Gasteiger partial charge in [-0.25, -0.2) is 4.79 Å².